The van der Waals surface area contributed by atoms with Crippen LogP contribution in [0.4, 0.5) is 9.59 Å². The molecule has 0 heterocycles. The normalized spacial score (nSPS) is 29.3. The fourth-order valence-electron chi connectivity index (χ4n) is 11.7. The highest BCUT2D eigenvalue weighted by Gasteiger charge is 2.59. The zero-order valence-electron chi connectivity index (χ0n) is 39.0. The quantitative estimate of drug-likeness (QED) is 0.0455. The van der Waals surface area contributed by atoms with Gasteiger partial charge in [-0.25, -0.2) is 9.59 Å². The number of allylic oxidation sites excluding steroid dienone is 2. The Balaban J connectivity index is 1.23. The zero-order chi connectivity index (χ0) is 43.4. The van der Waals surface area contributed by atoms with Crippen LogP contribution in [0, 0.1) is 46.3 Å². The minimum Gasteiger partial charge on any atom is -0.465 e. The summed E-state index contributed by atoms with van der Waals surface area (Å²) in [7, 11) is 3.91. The molecule has 0 radical (unpaired) electrons. The standard InChI is InChI=1S/C48H86N4O5S2/c1-33(2)14-13-15-34(3)40-18-19-41-39-17-16-37-32-38(20-25-47(37,9)42(39)21-26-48(40,41)10)59-58-31-24-43(53)52(30-23-36(5)51-45(56)57-46(6,7)8)29-12-11-27-49-28-22-35(4)50-44(54)55/h16,33-36,38-42,49-50H,11-15,17-32H2,1-10H3,(H,51,56)(H,54,55)/t34-,35?,36?,38+,39+,40-,41+,42+,47+,48-/m1/s1. The first-order valence-corrected chi connectivity index (χ1v) is 26.2. The van der Waals surface area contributed by atoms with E-state index in [4.69, 9.17) is 9.84 Å². The smallest absolute Gasteiger partial charge is 0.407 e. The van der Waals surface area contributed by atoms with E-state index in [9.17, 15) is 14.4 Å². The summed E-state index contributed by atoms with van der Waals surface area (Å²) in [5.74, 6) is 6.19. The Morgan fingerprint density at radius 2 is 1.63 bits per heavy atom. The van der Waals surface area contributed by atoms with Crippen LogP contribution in [0.2, 0.25) is 0 Å². The molecular formula is C48H86N4O5S2. The molecular weight excluding hydrogens is 777 g/mol. The van der Waals surface area contributed by atoms with Gasteiger partial charge in [-0.1, -0.05) is 87.1 Å². The van der Waals surface area contributed by atoms with Gasteiger partial charge in [-0.05, 0) is 171 Å². The highest BCUT2D eigenvalue weighted by Crippen LogP contribution is 2.67. The second-order valence-electron chi connectivity index (χ2n) is 21.1. The maximum atomic E-state index is 13.7. The number of fused-ring (bicyclic) bond motifs is 5. The van der Waals surface area contributed by atoms with Crippen LogP contribution < -0.4 is 16.0 Å². The van der Waals surface area contributed by atoms with Crippen molar-refractivity contribution in [3.8, 4) is 0 Å². The number of nitrogens with one attached hydrogen (secondary N) is 3. The van der Waals surface area contributed by atoms with Gasteiger partial charge < -0.3 is 30.7 Å². The lowest BCUT2D eigenvalue weighted by Gasteiger charge is -2.58. The average molecular weight is 863 g/mol. The monoisotopic (exact) mass is 863 g/mol. The highest BCUT2D eigenvalue weighted by atomic mass is 33.1. The molecule has 2 unspecified atom stereocenters. The van der Waals surface area contributed by atoms with Crippen molar-refractivity contribution < 1.29 is 24.2 Å². The van der Waals surface area contributed by atoms with Crippen molar-refractivity contribution >= 4 is 39.7 Å². The van der Waals surface area contributed by atoms with E-state index in [2.05, 4.69) is 56.6 Å². The van der Waals surface area contributed by atoms with E-state index in [1.807, 2.05) is 61.1 Å². The molecule has 0 spiro atoms. The number of unbranched alkanes of at least 4 members (excludes halogenated alkanes) is 1. The molecule has 340 valence electrons. The van der Waals surface area contributed by atoms with Crippen LogP contribution in [0.25, 0.3) is 0 Å². The van der Waals surface area contributed by atoms with Crippen molar-refractivity contribution in [3.63, 3.8) is 0 Å². The first-order chi connectivity index (χ1) is 27.8. The zero-order valence-corrected chi connectivity index (χ0v) is 40.6. The van der Waals surface area contributed by atoms with Crippen LogP contribution in [-0.4, -0.2) is 83.0 Å². The molecule has 4 aliphatic rings. The number of carbonyl (C=O) groups is 3. The lowest BCUT2D eigenvalue weighted by Crippen LogP contribution is -2.50. The molecule has 9 nitrogen and oxygen atoms in total. The molecule has 3 amide bonds. The molecule has 0 aromatic heterocycles. The Morgan fingerprint density at radius 3 is 2.34 bits per heavy atom. The molecule has 11 heteroatoms. The predicted octanol–water partition coefficient (Wildman–Crippen LogP) is 11.7. The lowest BCUT2D eigenvalue weighted by atomic mass is 9.47. The molecule has 0 aromatic carbocycles. The molecule has 0 saturated heterocycles. The van der Waals surface area contributed by atoms with Crippen LogP contribution in [0.1, 0.15) is 172 Å². The highest BCUT2D eigenvalue weighted by molar-refractivity contribution is 8.76. The number of hydrogen-bond acceptors (Lipinski definition) is 7. The van der Waals surface area contributed by atoms with Crippen molar-refractivity contribution in [3.05, 3.63) is 11.6 Å². The minimum atomic E-state index is -0.993. The first kappa shape index (κ1) is 50.1. The van der Waals surface area contributed by atoms with Gasteiger partial charge in [0.1, 0.15) is 5.60 Å². The van der Waals surface area contributed by atoms with Gasteiger partial charge in [0, 0.05) is 42.6 Å². The van der Waals surface area contributed by atoms with Crippen LogP contribution >= 0.6 is 21.6 Å². The fraction of sp³-hybridized carbons (Fsp3) is 0.896. The second-order valence-corrected chi connectivity index (χ2v) is 23.9. The molecule has 3 saturated carbocycles. The molecule has 0 bridgehead atoms. The average Bonchev–Trinajstić information content (AvgIpc) is 3.50. The number of rotatable bonds is 23. The predicted molar refractivity (Wildman–Crippen MR) is 249 cm³/mol. The summed E-state index contributed by atoms with van der Waals surface area (Å²) in [6.45, 7) is 24.9. The third-order valence-electron chi connectivity index (χ3n) is 15.0. The lowest BCUT2D eigenvalue weighted by molar-refractivity contribution is -0.130. The number of ether oxygens (including phenoxy) is 1. The van der Waals surface area contributed by atoms with Gasteiger partial charge in [0.2, 0.25) is 5.91 Å². The van der Waals surface area contributed by atoms with Crippen LogP contribution in [0.15, 0.2) is 11.6 Å². The summed E-state index contributed by atoms with van der Waals surface area (Å²) < 4.78 is 5.45. The summed E-state index contributed by atoms with van der Waals surface area (Å²) in [5, 5.41) is 18.3. The number of carbonyl (C=O) groups excluding carboxylic acids is 2. The maximum absolute atomic E-state index is 13.7. The van der Waals surface area contributed by atoms with Crippen molar-refractivity contribution in [1.29, 1.82) is 0 Å². The van der Waals surface area contributed by atoms with E-state index in [0.717, 1.165) is 73.6 Å². The number of alkyl carbamates (subject to hydrolysis) is 1. The molecule has 59 heavy (non-hydrogen) atoms. The van der Waals surface area contributed by atoms with E-state index in [1.165, 1.54) is 70.6 Å². The second kappa shape index (κ2) is 23.2. The third-order valence-corrected chi connectivity index (χ3v) is 17.9. The molecule has 3 fully saturated rings. The van der Waals surface area contributed by atoms with Crippen molar-refractivity contribution in [1.82, 2.24) is 20.9 Å². The summed E-state index contributed by atoms with van der Waals surface area (Å²) in [5.41, 5.74) is 2.09. The Bertz CT molecular complexity index is 1370. The van der Waals surface area contributed by atoms with Gasteiger partial charge in [-0.3, -0.25) is 4.79 Å². The molecule has 4 rings (SSSR count). The number of nitrogens with zero attached hydrogens (tertiary/aromatic N) is 1. The fourth-order valence-corrected chi connectivity index (χ4v) is 14.4. The summed E-state index contributed by atoms with van der Waals surface area (Å²) in [4.78, 5) is 38.8. The van der Waals surface area contributed by atoms with Gasteiger partial charge in [-0.2, -0.15) is 0 Å². The topological polar surface area (TPSA) is 120 Å². The molecule has 4 aliphatic carbocycles. The Hall–Kier alpha value is -1.59. The van der Waals surface area contributed by atoms with E-state index in [1.54, 1.807) is 5.57 Å². The van der Waals surface area contributed by atoms with Gasteiger partial charge in [0.05, 0.1) is 0 Å². The number of carboxylic acid groups (broad SMARTS) is 1. The maximum Gasteiger partial charge on any atom is 0.407 e. The van der Waals surface area contributed by atoms with E-state index in [0.29, 0.717) is 42.0 Å². The summed E-state index contributed by atoms with van der Waals surface area (Å²) >= 11 is 0. The van der Waals surface area contributed by atoms with Gasteiger partial charge >= 0.3 is 12.2 Å². The third kappa shape index (κ3) is 15.0. The van der Waals surface area contributed by atoms with Crippen LogP contribution in [-0.2, 0) is 9.53 Å². The Kier molecular flexibility index (Phi) is 19.7. The van der Waals surface area contributed by atoms with Crippen LogP contribution in [0.5, 0.6) is 0 Å². The van der Waals surface area contributed by atoms with Crippen LogP contribution in [0.3, 0.4) is 0 Å². The van der Waals surface area contributed by atoms with E-state index in [-0.39, 0.29) is 18.0 Å². The van der Waals surface area contributed by atoms with Gasteiger partial charge in [-0.15, -0.1) is 0 Å². The van der Waals surface area contributed by atoms with Crippen molar-refractivity contribution in [2.24, 2.45) is 46.3 Å². The van der Waals surface area contributed by atoms with Crippen molar-refractivity contribution in [2.45, 2.75) is 195 Å². The SMILES string of the molecule is CC(C)CCC[C@@H](C)[C@H]1CC[C@H]2[C@@H]3CC=C4C[C@@H](SSCCC(=O)N(CCCCNCCC(C)NC(=O)O)CCC(C)NC(=O)OC(C)(C)C)CC[C@]4(C)[C@H]3CC[C@]12C. The van der Waals surface area contributed by atoms with Gasteiger partial charge in [0.15, 0.2) is 0 Å². The summed E-state index contributed by atoms with van der Waals surface area (Å²) in [6.07, 6.45) is 20.1. The molecule has 0 aliphatic heterocycles. The Morgan fingerprint density at radius 1 is 0.881 bits per heavy atom. The Labute approximate surface area is 368 Å². The first-order valence-electron chi connectivity index (χ1n) is 23.8. The summed E-state index contributed by atoms with van der Waals surface area (Å²) in [6, 6.07) is -0.210. The molecule has 10 atom stereocenters. The van der Waals surface area contributed by atoms with E-state index >= 15 is 0 Å². The van der Waals surface area contributed by atoms with Gasteiger partial charge in [0.25, 0.3) is 0 Å². The number of amides is 3. The number of hydrogen-bond donors (Lipinski definition) is 4. The molecule has 0 aromatic rings. The van der Waals surface area contributed by atoms with Crippen molar-refractivity contribution in [2.75, 3.05) is 31.9 Å². The largest absolute Gasteiger partial charge is 0.465 e. The molecule has 4 N–H and O–H groups in total. The van der Waals surface area contributed by atoms with E-state index < -0.39 is 17.8 Å². The minimum absolute atomic E-state index is 0.0948.